The molecule has 2 atom stereocenters. The molecule has 1 saturated heterocycles. The van der Waals surface area contributed by atoms with E-state index in [1.807, 2.05) is 13.8 Å². The predicted molar refractivity (Wildman–Crippen MR) is 57.1 cm³/mol. The van der Waals surface area contributed by atoms with Crippen molar-refractivity contribution in [2.75, 3.05) is 6.61 Å². The maximum Gasteiger partial charge on any atom is 0.171 e. The largest absolute Gasteiger partial charge is 0.351 e. The van der Waals surface area contributed by atoms with Crippen LogP contribution in [0.25, 0.3) is 0 Å². The zero-order chi connectivity index (χ0) is 9.90. The molecule has 0 aromatic carbocycles. The molecule has 1 rings (SSSR count). The Balaban J connectivity index is 2.46. The van der Waals surface area contributed by atoms with Crippen molar-refractivity contribution >= 4 is 15.9 Å². The Bertz CT molecular complexity index is 180. The molecule has 1 aliphatic rings. The van der Waals surface area contributed by atoms with E-state index in [-0.39, 0.29) is 11.9 Å². The Morgan fingerprint density at radius 1 is 1.62 bits per heavy atom. The van der Waals surface area contributed by atoms with Gasteiger partial charge in [0.2, 0.25) is 0 Å². The van der Waals surface area contributed by atoms with Crippen LogP contribution in [0.15, 0.2) is 12.7 Å². The zero-order valence-electron chi connectivity index (χ0n) is 8.25. The third kappa shape index (κ3) is 3.41. The van der Waals surface area contributed by atoms with E-state index in [4.69, 9.17) is 9.47 Å². The molecule has 0 aliphatic carbocycles. The van der Waals surface area contributed by atoms with Crippen LogP contribution < -0.4 is 0 Å². The molecular formula is C10H17BrO2. The second kappa shape index (κ2) is 4.58. The molecule has 13 heavy (non-hydrogen) atoms. The van der Waals surface area contributed by atoms with Crippen molar-refractivity contribution in [1.82, 2.24) is 0 Å². The molecule has 0 bridgehead atoms. The first-order valence-electron chi connectivity index (χ1n) is 4.62. The van der Waals surface area contributed by atoms with Gasteiger partial charge in [-0.15, -0.1) is 6.58 Å². The first-order chi connectivity index (χ1) is 6.05. The number of alkyl halides is 1. The van der Waals surface area contributed by atoms with Gasteiger partial charge in [-0.25, -0.2) is 0 Å². The molecule has 1 fully saturated rings. The van der Waals surface area contributed by atoms with E-state index in [9.17, 15) is 0 Å². The maximum absolute atomic E-state index is 5.75. The summed E-state index contributed by atoms with van der Waals surface area (Å²) in [5.74, 6) is 0. The summed E-state index contributed by atoms with van der Waals surface area (Å²) in [6, 6.07) is 0. The number of ether oxygens (including phenoxy) is 2. The molecule has 76 valence electrons. The van der Waals surface area contributed by atoms with Gasteiger partial charge in [0.05, 0.1) is 10.4 Å². The van der Waals surface area contributed by atoms with E-state index in [1.54, 1.807) is 6.08 Å². The highest BCUT2D eigenvalue weighted by Gasteiger charge is 2.29. The fraction of sp³-hybridized carbons (Fsp3) is 0.800. The lowest BCUT2D eigenvalue weighted by Crippen LogP contribution is -2.38. The topological polar surface area (TPSA) is 18.5 Å². The minimum Gasteiger partial charge on any atom is -0.351 e. The minimum absolute atomic E-state index is 0.137. The van der Waals surface area contributed by atoms with Crippen molar-refractivity contribution in [1.29, 1.82) is 0 Å². The van der Waals surface area contributed by atoms with E-state index in [1.165, 1.54) is 0 Å². The number of hydrogen-bond donors (Lipinski definition) is 0. The quantitative estimate of drug-likeness (QED) is 0.565. The fourth-order valence-corrected chi connectivity index (χ4v) is 1.76. The van der Waals surface area contributed by atoms with Crippen molar-refractivity contribution in [2.45, 2.75) is 43.4 Å². The van der Waals surface area contributed by atoms with E-state index < -0.39 is 0 Å². The molecule has 0 saturated carbocycles. The third-order valence-electron chi connectivity index (χ3n) is 2.11. The van der Waals surface area contributed by atoms with Crippen molar-refractivity contribution in [3.63, 3.8) is 0 Å². The number of rotatable bonds is 3. The fourth-order valence-electron chi connectivity index (χ4n) is 1.17. The van der Waals surface area contributed by atoms with Gasteiger partial charge in [0.15, 0.2) is 6.29 Å². The van der Waals surface area contributed by atoms with Crippen LogP contribution in [0.2, 0.25) is 0 Å². The first kappa shape index (κ1) is 11.2. The lowest BCUT2D eigenvalue weighted by molar-refractivity contribution is -0.197. The molecular weight excluding hydrogens is 232 g/mol. The van der Waals surface area contributed by atoms with Gasteiger partial charge in [0, 0.05) is 6.61 Å². The highest BCUT2D eigenvalue weighted by atomic mass is 79.9. The van der Waals surface area contributed by atoms with Crippen LogP contribution >= 0.6 is 15.9 Å². The van der Waals surface area contributed by atoms with Crippen LogP contribution in [0.1, 0.15) is 26.7 Å². The van der Waals surface area contributed by atoms with Crippen molar-refractivity contribution in [2.24, 2.45) is 0 Å². The molecule has 3 heteroatoms. The van der Waals surface area contributed by atoms with Gasteiger partial charge < -0.3 is 9.47 Å². The van der Waals surface area contributed by atoms with Gasteiger partial charge in [-0.1, -0.05) is 22.0 Å². The summed E-state index contributed by atoms with van der Waals surface area (Å²) in [5, 5.41) is 0. The van der Waals surface area contributed by atoms with Gasteiger partial charge in [0.25, 0.3) is 0 Å². The van der Waals surface area contributed by atoms with Crippen LogP contribution in [-0.4, -0.2) is 23.3 Å². The monoisotopic (exact) mass is 248 g/mol. The Labute approximate surface area is 88.4 Å². The first-order valence-corrected chi connectivity index (χ1v) is 5.54. The average molecular weight is 249 g/mol. The van der Waals surface area contributed by atoms with Gasteiger partial charge in [0.1, 0.15) is 0 Å². The predicted octanol–water partition coefficient (Wildman–Crippen LogP) is 2.87. The SMILES string of the molecule is C=CC(C)(C)OC1OCCCC1Br. The Morgan fingerprint density at radius 3 is 2.85 bits per heavy atom. The molecule has 1 aliphatic heterocycles. The standard InChI is InChI=1S/C10H17BrO2/c1-4-10(2,3)13-9-8(11)6-5-7-12-9/h4,8-9H,1,5-7H2,2-3H3. The Kier molecular flexibility index (Phi) is 3.95. The maximum atomic E-state index is 5.75. The Morgan fingerprint density at radius 2 is 2.31 bits per heavy atom. The minimum atomic E-state index is -0.311. The molecule has 0 amide bonds. The smallest absolute Gasteiger partial charge is 0.171 e. The third-order valence-corrected chi connectivity index (χ3v) is 3.00. The van der Waals surface area contributed by atoms with Crippen LogP contribution in [-0.2, 0) is 9.47 Å². The van der Waals surface area contributed by atoms with E-state index in [0.29, 0.717) is 4.83 Å². The number of hydrogen-bond acceptors (Lipinski definition) is 2. The molecule has 0 aromatic heterocycles. The molecule has 1 heterocycles. The number of halogens is 1. The Hall–Kier alpha value is 0.140. The summed E-state index contributed by atoms with van der Waals surface area (Å²) in [7, 11) is 0. The summed E-state index contributed by atoms with van der Waals surface area (Å²) in [6.45, 7) is 8.49. The van der Waals surface area contributed by atoms with Crippen molar-refractivity contribution in [3.8, 4) is 0 Å². The van der Waals surface area contributed by atoms with E-state index in [2.05, 4.69) is 22.5 Å². The lowest BCUT2D eigenvalue weighted by atomic mass is 10.1. The summed E-state index contributed by atoms with van der Waals surface area (Å²) in [6.07, 6.45) is 3.87. The molecule has 2 nitrogen and oxygen atoms in total. The van der Waals surface area contributed by atoms with Crippen LogP contribution in [0.5, 0.6) is 0 Å². The van der Waals surface area contributed by atoms with Gasteiger partial charge in [-0.05, 0) is 26.7 Å². The normalized spacial score (nSPS) is 30.1. The van der Waals surface area contributed by atoms with Crippen molar-refractivity contribution in [3.05, 3.63) is 12.7 Å². The second-order valence-corrected chi connectivity index (χ2v) is 5.00. The molecule has 0 N–H and O–H groups in total. The summed E-state index contributed by atoms with van der Waals surface area (Å²) in [5.41, 5.74) is -0.311. The van der Waals surface area contributed by atoms with Crippen molar-refractivity contribution < 1.29 is 9.47 Å². The van der Waals surface area contributed by atoms with E-state index in [0.717, 1.165) is 19.4 Å². The van der Waals surface area contributed by atoms with E-state index >= 15 is 0 Å². The molecule has 0 aromatic rings. The van der Waals surface area contributed by atoms with Crippen LogP contribution in [0.4, 0.5) is 0 Å². The highest BCUT2D eigenvalue weighted by Crippen LogP contribution is 2.26. The zero-order valence-corrected chi connectivity index (χ0v) is 9.84. The highest BCUT2D eigenvalue weighted by molar-refractivity contribution is 9.09. The second-order valence-electron chi connectivity index (χ2n) is 3.82. The van der Waals surface area contributed by atoms with Gasteiger partial charge in [-0.2, -0.15) is 0 Å². The van der Waals surface area contributed by atoms with Crippen LogP contribution in [0, 0.1) is 0 Å². The molecule has 0 radical (unpaired) electrons. The average Bonchev–Trinajstić information content (AvgIpc) is 2.09. The summed E-state index contributed by atoms with van der Waals surface area (Å²) >= 11 is 3.55. The lowest BCUT2D eigenvalue weighted by Gasteiger charge is -2.33. The van der Waals surface area contributed by atoms with Gasteiger partial charge in [-0.3, -0.25) is 0 Å². The van der Waals surface area contributed by atoms with Crippen LogP contribution in [0.3, 0.4) is 0 Å². The summed E-state index contributed by atoms with van der Waals surface area (Å²) in [4.78, 5) is 0.306. The molecule has 0 spiro atoms. The molecule has 2 unspecified atom stereocenters. The van der Waals surface area contributed by atoms with Gasteiger partial charge >= 0.3 is 0 Å². The summed E-state index contributed by atoms with van der Waals surface area (Å²) < 4.78 is 11.3.